The summed E-state index contributed by atoms with van der Waals surface area (Å²) in [6.45, 7) is 3.36. The van der Waals surface area contributed by atoms with Crippen LogP contribution in [0.1, 0.15) is 22.8 Å². The normalized spacial score (nSPS) is 13.0. The average Bonchev–Trinajstić information content (AvgIpc) is 3.97. The molecular weight excluding hydrogens is 778 g/mol. The molecule has 0 saturated carbocycles. The quantitative estimate of drug-likeness (QED) is 0.0659. The molecule has 0 fully saturated rings. The van der Waals surface area contributed by atoms with E-state index in [1.807, 2.05) is 62.1 Å². The van der Waals surface area contributed by atoms with Crippen LogP contribution in [0.2, 0.25) is 0 Å². The third kappa shape index (κ3) is 18.6. The van der Waals surface area contributed by atoms with Gasteiger partial charge in [-0.1, -0.05) is 35.5 Å². The maximum atomic E-state index is 12.3. The van der Waals surface area contributed by atoms with Crippen LogP contribution in [0.25, 0.3) is 0 Å². The van der Waals surface area contributed by atoms with E-state index in [9.17, 15) is 16.8 Å². The molecule has 304 valence electrons. The second kappa shape index (κ2) is 25.1. The Kier molecular flexibility index (Phi) is 21.4. The Morgan fingerprint density at radius 3 is 1.36 bits per heavy atom. The van der Waals surface area contributed by atoms with Crippen LogP contribution < -0.4 is 0 Å². The van der Waals surface area contributed by atoms with Gasteiger partial charge in [-0.2, -0.15) is 16.8 Å². The highest BCUT2D eigenvalue weighted by molar-refractivity contribution is 7.86. The second-order valence-electron chi connectivity index (χ2n) is 12.9. The van der Waals surface area contributed by atoms with Crippen molar-refractivity contribution >= 4 is 31.8 Å². The molecule has 0 aliphatic carbocycles. The highest BCUT2D eigenvalue weighted by atomic mass is 35.5. The largest absolute Gasteiger partial charge is 0.469 e. The van der Waals surface area contributed by atoms with Crippen molar-refractivity contribution in [3.05, 3.63) is 102 Å². The van der Waals surface area contributed by atoms with Crippen LogP contribution >= 0.6 is 11.6 Å². The van der Waals surface area contributed by atoms with Gasteiger partial charge in [-0.15, -0.1) is 30.9 Å². The lowest BCUT2D eigenvalue weighted by Crippen LogP contribution is -2.38. The highest BCUT2D eigenvalue weighted by Gasteiger charge is 2.23. The van der Waals surface area contributed by atoms with E-state index in [1.165, 1.54) is 12.1 Å². The molecule has 1 aromatic carbocycles. The maximum absolute atomic E-state index is 12.3. The van der Waals surface area contributed by atoms with Gasteiger partial charge in [0.05, 0.1) is 62.8 Å². The molecule has 0 spiro atoms. The number of nitrogens with zero attached hydrogens (tertiary/aromatic N) is 3. The zero-order valence-electron chi connectivity index (χ0n) is 32.5. The molecule has 0 saturated heterocycles. The number of furan rings is 3. The van der Waals surface area contributed by atoms with E-state index >= 15 is 0 Å². The Balaban J connectivity index is 0.000000302. The summed E-state index contributed by atoms with van der Waals surface area (Å²) in [6, 6.07) is 17.5. The van der Waals surface area contributed by atoms with Gasteiger partial charge in [-0.3, -0.25) is 23.1 Å². The standard InChI is InChI=1S/C18H21NO4S.C12H17NO4S.C11H14ClNO/c1-4-11-19(3)16(13-17-6-5-12-22-17)14-23-24(20,21)18-9-7-15(2)8-10-18;1-4-7-13(2)11(10-17-18(3,14)15)9-12-6-5-8-16-12;1-3-6-13(2)10(9-12)8-11-5-4-7-14-11/h1,5-10,12,16H,11,13-14H2,2-3H3;1,5-6,8,11H,7,9-10H2,2-3H3;1,4-5,7,10H,6,8-9H2,2H3/t16-;11-;10-/m000/s1. The fraction of sp³-hybridized carbons (Fsp3) is 0.415. The smallest absolute Gasteiger partial charge is 0.297 e. The van der Waals surface area contributed by atoms with Gasteiger partial charge < -0.3 is 13.3 Å². The lowest BCUT2D eigenvalue weighted by molar-refractivity contribution is 0.172. The fourth-order valence-corrected chi connectivity index (χ4v) is 6.65. The second-order valence-corrected chi connectivity index (χ2v) is 16.4. The highest BCUT2D eigenvalue weighted by Crippen LogP contribution is 2.16. The first-order chi connectivity index (χ1) is 26.6. The van der Waals surface area contributed by atoms with Gasteiger partial charge in [0.25, 0.3) is 20.2 Å². The predicted molar refractivity (Wildman–Crippen MR) is 219 cm³/mol. The molecule has 0 aliphatic heterocycles. The van der Waals surface area contributed by atoms with Gasteiger partial charge in [0.2, 0.25) is 0 Å². The third-order valence-corrected chi connectivity index (χ3v) is 10.5. The van der Waals surface area contributed by atoms with E-state index in [0.29, 0.717) is 38.4 Å². The summed E-state index contributed by atoms with van der Waals surface area (Å²) in [5.74, 6) is 10.7. The average molecular weight is 830 g/mol. The van der Waals surface area contributed by atoms with Crippen LogP contribution in [0, 0.1) is 44.0 Å². The number of benzene rings is 1. The van der Waals surface area contributed by atoms with Crippen LogP contribution in [0.5, 0.6) is 0 Å². The minimum atomic E-state index is -3.81. The number of hydrogen-bond donors (Lipinski definition) is 0. The van der Waals surface area contributed by atoms with Crippen molar-refractivity contribution in [3.63, 3.8) is 0 Å². The maximum Gasteiger partial charge on any atom is 0.297 e. The van der Waals surface area contributed by atoms with Gasteiger partial charge >= 0.3 is 0 Å². The number of likely N-dealkylation sites (N-methyl/N-ethyl adjacent to an activating group) is 3. The van der Waals surface area contributed by atoms with E-state index in [4.69, 9.17) is 52.5 Å². The number of halogens is 1. The zero-order chi connectivity index (χ0) is 41.6. The van der Waals surface area contributed by atoms with Gasteiger partial charge in [0.1, 0.15) is 17.3 Å². The molecule has 0 unspecified atom stereocenters. The van der Waals surface area contributed by atoms with Crippen LogP contribution in [0.4, 0.5) is 0 Å². The molecular formula is C41H52ClN3O9S2. The minimum Gasteiger partial charge on any atom is -0.469 e. The number of rotatable bonds is 20. The van der Waals surface area contributed by atoms with Crippen molar-refractivity contribution in [1.29, 1.82) is 0 Å². The summed E-state index contributed by atoms with van der Waals surface area (Å²) in [5.41, 5.74) is 0.985. The Bertz CT molecular complexity index is 2000. The lowest BCUT2D eigenvalue weighted by Gasteiger charge is -2.25. The first-order valence-corrected chi connectivity index (χ1v) is 21.2. The van der Waals surface area contributed by atoms with Gasteiger partial charge in [0.15, 0.2) is 0 Å². The monoisotopic (exact) mass is 829 g/mol. The van der Waals surface area contributed by atoms with Crippen LogP contribution in [0.15, 0.2) is 97.6 Å². The van der Waals surface area contributed by atoms with E-state index in [1.54, 1.807) is 43.1 Å². The summed E-state index contributed by atoms with van der Waals surface area (Å²) in [4.78, 5) is 5.92. The van der Waals surface area contributed by atoms with Crippen molar-refractivity contribution in [2.45, 2.75) is 49.2 Å². The first kappa shape index (κ1) is 47.9. The minimum absolute atomic E-state index is 0.00487. The number of terminal acetylenes is 3. The number of hydrogen-bond acceptors (Lipinski definition) is 12. The number of alkyl halides is 1. The first-order valence-electron chi connectivity index (χ1n) is 17.5. The predicted octanol–water partition coefficient (Wildman–Crippen LogP) is 5.20. The van der Waals surface area contributed by atoms with Crippen LogP contribution in [0.3, 0.4) is 0 Å². The molecule has 0 radical (unpaired) electrons. The summed E-state index contributed by atoms with van der Waals surface area (Å²) in [5, 5.41) is 0. The Hall–Kier alpha value is -4.27. The molecule has 3 aromatic heterocycles. The molecule has 15 heteroatoms. The molecule has 56 heavy (non-hydrogen) atoms. The van der Waals surface area contributed by atoms with E-state index in [0.717, 1.165) is 35.5 Å². The van der Waals surface area contributed by atoms with Crippen molar-refractivity contribution < 1.29 is 38.5 Å². The fourth-order valence-electron chi connectivity index (χ4n) is 4.96. The van der Waals surface area contributed by atoms with Gasteiger partial charge in [0, 0.05) is 43.3 Å². The Morgan fingerprint density at radius 1 is 0.643 bits per heavy atom. The molecule has 12 nitrogen and oxygen atoms in total. The van der Waals surface area contributed by atoms with Gasteiger partial charge in [-0.25, -0.2) is 0 Å². The Morgan fingerprint density at radius 2 is 1.02 bits per heavy atom. The molecule has 0 amide bonds. The van der Waals surface area contributed by atoms with Crippen molar-refractivity contribution in [3.8, 4) is 37.0 Å². The zero-order valence-corrected chi connectivity index (χ0v) is 34.9. The lowest BCUT2D eigenvalue weighted by atomic mass is 10.1. The molecule has 4 aromatic rings. The molecule has 0 aliphatic rings. The topological polar surface area (TPSA) is 136 Å². The van der Waals surface area contributed by atoms with Crippen LogP contribution in [-0.2, 0) is 47.9 Å². The summed E-state index contributed by atoms with van der Waals surface area (Å²) < 4.78 is 72.6. The molecule has 0 bridgehead atoms. The van der Waals surface area contributed by atoms with Crippen molar-refractivity contribution in [2.24, 2.45) is 0 Å². The molecule has 0 N–H and O–H groups in total. The van der Waals surface area contributed by atoms with Gasteiger partial charge in [-0.05, 0) is 76.6 Å². The SMILES string of the molecule is C#CCN(C)[C@H](CCl)Cc1ccco1.C#CCN(C)[C@H](COS(=O)(=O)c1ccc(C)cc1)Cc1ccco1.C#CCN(C)[C@H](COS(C)(=O)=O)Cc1ccco1. The molecule has 4 rings (SSSR count). The van der Waals surface area contributed by atoms with Crippen molar-refractivity contribution in [1.82, 2.24) is 14.7 Å². The molecule has 3 atom stereocenters. The third-order valence-electron chi connectivity index (χ3n) is 8.32. The van der Waals surface area contributed by atoms with Crippen molar-refractivity contribution in [2.75, 3.05) is 66.1 Å². The summed E-state index contributed by atoms with van der Waals surface area (Å²) in [7, 11) is -1.65. The summed E-state index contributed by atoms with van der Waals surface area (Å²) >= 11 is 5.86. The van der Waals surface area contributed by atoms with E-state index < -0.39 is 20.2 Å². The molecule has 3 heterocycles. The van der Waals surface area contributed by atoms with E-state index in [2.05, 4.69) is 22.7 Å². The van der Waals surface area contributed by atoms with Crippen LogP contribution in [-0.4, -0.2) is 116 Å². The van der Waals surface area contributed by atoms with E-state index in [-0.39, 0.29) is 36.2 Å². The summed E-state index contributed by atoms with van der Waals surface area (Å²) in [6.07, 6.45) is 23.5. The Labute approximate surface area is 338 Å². The number of aryl methyl sites for hydroxylation is 1.